The number of carbonyl (C=O) groups excluding carboxylic acids is 1. The molecule has 4 nitrogen and oxygen atoms in total. The summed E-state index contributed by atoms with van der Waals surface area (Å²) < 4.78 is 5.32. The van der Waals surface area contributed by atoms with Crippen LogP contribution in [0.4, 0.5) is 0 Å². The lowest BCUT2D eigenvalue weighted by Crippen LogP contribution is -2.41. The fraction of sp³-hybridized carbons (Fsp3) is 0.500. The molecule has 3 N–H and O–H groups in total. The second-order valence-electron chi connectivity index (χ2n) is 4.77. The third-order valence-electron chi connectivity index (χ3n) is 2.84. The number of ether oxygens (including phenoxy) is 1. The van der Waals surface area contributed by atoms with Crippen molar-refractivity contribution in [2.75, 3.05) is 13.7 Å². The molecule has 0 atom stereocenters. The van der Waals surface area contributed by atoms with E-state index >= 15 is 0 Å². The Morgan fingerprint density at radius 1 is 1.37 bits per heavy atom. The molecule has 0 unspecified atom stereocenters. The molecule has 0 aliphatic rings. The standard InChI is InChI=1S/C14H22N2O2.ClH/c1-14(2,16-13(17)9-6-10-15)11-7-4-5-8-12(11)18-3;/h4-5,7-8H,6,9-10,15H2,1-3H3,(H,16,17);1H. The van der Waals surface area contributed by atoms with Gasteiger partial charge in [-0.1, -0.05) is 18.2 Å². The molecule has 0 radical (unpaired) electrons. The lowest BCUT2D eigenvalue weighted by atomic mass is 9.93. The van der Waals surface area contributed by atoms with Gasteiger partial charge in [-0.25, -0.2) is 0 Å². The number of rotatable bonds is 6. The first-order valence-electron chi connectivity index (χ1n) is 6.16. The molecule has 1 aromatic carbocycles. The summed E-state index contributed by atoms with van der Waals surface area (Å²) >= 11 is 0. The van der Waals surface area contributed by atoms with Crippen LogP contribution in [0, 0.1) is 0 Å². The molecule has 0 saturated carbocycles. The minimum atomic E-state index is -0.460. The second-order valence-corrected chi connectivity index (χ2v) is 4.77. The monoisotopic (exact) mass is 286 g/mol. The predicted octanol–water partition coefficient (Wildman–Crippen LogP) is 2.21. The first-order valence-corrected chi connectivity index (χ1v) is 6.16. The summed E-state index contributed by atoms with van der Waals surface area (Å²) in [5.41, 5.74) is 5.90. The van der Waals surface area contributed by atoms with Gasteiger partial charge in [0.25, 0.3) is 0 Å². The highest BCUT2D eigenvalue weighted by molar-refractivity contribution is 5.85. The van der Waals surface area contributed by atoms with E-state index in [4.69, 9.17) is 10.5 Å². The van der Waals surface area contributed by atoms with E-state index in [0.717, 1.165) is 11.3 Å². The Bertz CT molecular complexity index is 408. The van der Waals surface area contributed by atoms with E-state index < -0.39 is 5.54 Å². The number of benzene rings is 1. The number of nitrogens with one attached hydrogen (secondary N) is 1. The van der Waals surface area contributed by atoms with Crippen molar-refractivity contribution in [3.05, 3.63) is 29.8 Å². The van der Waals surface area contributed by atoms with E-state index in [0.29, 0.717) is 19.4 Å². The molecule has 5 heteroatoms. The van der Waals surface area contributed by atoms with Crippen LogP contribution in [0.5, 0.6) is 5.75 Å². The van der Waals surface area contributed by atoms with Gasteiger partial charge < -0.3 is 15.8 Å². The Morgan fingerprint density at radius 3 is 2.58 bits per heavy atom. The van der Waals surface area contributed by atoms with Gasteiger partial charge in [-0.05, 0) is 32.9 Å². The molecule has 0 spiro atoms. The Kier molecular flexibility index (Phi) is 7.49. The molecule has 0 heterocycles. The molecule has 1 amide bonds. The fourth-order valence-corrected chi connectivity index (χ4v) is 1.90. The van der Waals surface area contributed by atoms with Crippen LogP contribution in [-0.2, 0) is 10.3 Å². The van der Waals surface area contributed by atoms with Crippen molar-refractivity contribution in [3.63, 3.8) is 0 Å². The largest absolute Gasteiger partial charge is 0.496 e. The average molecular weight is 287 g/mol. The summed E-state index contributed by atoms with van der Waals surface area (Å²) in [7, 11) is 1.63. The maximum atomic E-state index is 11.8. The summed E-state index contributed by atoms with van der Waals surface area (Å²) in [5.74, 6) is 0.790. The zero-order chi connectivity index (χ0) is 13.6. The smallest absolute Gasteiger partial charge is 0.220 e. The van der Waals surface area contributed by atoms with Crippen LogP contribution in [0.1, 0.15) is 32.3 Å². The number of carbonyl (C=O) groups is 1. The Hall–Kier alpha value is -1.26. The number of methoxy groups -OCH3 is 1. The average Bonchev–Trinajstić information content (AvgIpc) is 2.35. The van der Waals surface area contributed by atoms with Crippen molar-refractivity contribution >= 4 is 18.3 Å². The summed E-state index contributed by atoms with van der Waals surface area (Å²) in [5, 5.41) is 3.01. The van der Waals surface area contributed by atoms with Crippen molar-refractivity contribution in [2.24, 2.45) is 5.73 Å². The Labute approximate surface area is 121 Å². The van der Waals surface area contributed by atoms with Gasteiger partial charge in [-0.2, -0.15) is 0 Å². The SMILES string of the molecule is COc1ccccc1C(C)(C)NC(=O)CCCN.Cl. The van der Waals surface area contributed by atoms with E-state index in [2.05, 4.69) is 5.32 Å². The maximum Gasteiger partial charge on any atom is 0.220 e. The first kappa shape index (κ1) is 17.7. The van der Waals surface area contributed by atoms with Crippen LogP contribution in [0.3, 0.4) is 0 Å². The molecule has 0 fully saturated rings. The number of amides is 1. The maximum absolute atomic E-state index is 11.8. The number of hydrogen-bond donors (Lipinski definition) is 2. The van der Waals surface area contributed by atoms with Gasteiger partial charge in [0.1, 0.15) is 5.75 Å². The summed E-state index contributed by atoms with van der Waals surface area (Å²) in [4.78, 5) is 11.8. The van der Waals surface area contributed by atoms with Crippen molar-refractivity contribution in [3.8, 4) is 5.75 Å². The molecule has 1 rings (SSSR count). The number of nitrogens with two attached hydrogens (primary N) is 1. The summed E-state index contributed by atoms with van der Waals surface area (Å²) in [6, 6.07) is 7.70. The molecule has 0 aliphatic carbocycles. The van der Waals surface area contributed by atoms with Crippen LogP contribution in [0.15, 0.2) is 24.3 Å². The zero-order valence-electron chi connectivity index (χ0n) is 11.7. The highest BCUT2D eigenvalue weighted by Crippen LogP contribution is 2.29. The van der Waals surface area contributed by atoms with Crippen LogP contribution in [-0.4, -0.2) is 19.6 Å². The van der Waals surface area contributed by atoms with Gasteiger partial charge in [-0.15, -0.1) is 12.4 Å². The van der Waals surface area contributed by atoms with Gasteiger partial charge >= 0.3 is 0 Å². The molecule has 0 aromatic heterocycles. The molecule has 0 bridgehead atoms. The number of halogens is 1. The van der Waals surface area contributed by atoms with Gasteiger partial charge in [0.15, 0.2) is 0 Å². The van der Waals surface area contributed by atoms with Crippen LogP contribution in [0.25, 0.3) is 0 Å². The van der Waals surface area contributed by atoms with Crippen LogP contribution < -0.4 is 15.8 Å². The molecular formula is C14H23ClN2O2. The molecule has 108 valence electrons. The predicted molar refractivity (Wildman–Crippen MR) is 79.7 cm³/mol. The molecule has 0 saturated heterocycles. The van der Waals surface area contributed by atoms with E-state index in [1.807, 2.05) is 38.1 Å². The van der Waals surface area contributed by atoms with Gasteiger partial charge in [-0.3, -0.25) is 4.79 Å². The Balaban J connectivity index is 0.00000324. The van der Waals surface area contributed by atoms with Crippen molar-refractivity contribution in [1.29, 1.82) is 0 Å². The normalized spacial score (nSPS) is 10.5. The van der Waals surface area contributed by atoms with Gasteiger partial charge in [0.2, 0.25) is 5.91 Å². The van der Waals surface area contributed by atoms with E-state index in [-0.39, 0.29) is 18.3 Å². The molecular weight excluding hydrogens is 264 g/mol. The van der Waals surface area contributed by atoms with Crippen molar-refractivity contribution in [1.82, 2.24) is 5.32 Å². The number of hydrogen-bond acceptors (Lipinski definition) is 3. The lowest BCUT2D eigenvalue weighted by Gasteiger charge is -2.28. The van der Waals surface area contributed by atoms with E-state index in [9.17, 15) is 4.79 Å². The quantitative estimate of drug-likeness (QED) is 0.843. The van der Waals surface area contributed by atoms with E-state index in [1.54, 1.807) is 7.11 Å². The van der Waals surface area contributed by atoms with Crippen molar-refractivity contribution < 1.29 is 9.53 Å². The third kappa shape index (κ3) is 5.09. The topological polar surface area (TPSA) is 64.3 Å². The van der Waals surface area contributed by atoms with Gasteiger partial charge in [0.05, 0.1) is 12.6 Å². The van der Waals surface area contributed by atoms with Crippen LogP contribution >= 0.6 is 12.4 Å². The molecule has 1 aromatic rings. The highest BCUT2D eigenvalue weighted by Gasteiger charge is 2.25. The lowest BCUT2D eigenvalue weighted by molar-refractivity contribution is -0.122. The zero-order valence-corrected chi connectivity index (χ0v) is 12.5. The highest BCUT2D eigenvalue weighted by atomic mass is 35.5. The summed E-state index contributed by atoms with van der Waals surface area (Å²) in [6.45, 7) is 4.46. The second kappa shape index (κ2) is 8.02. The molecule has 0 aliphatic heterocycles. The third-order valence-corrected chi connectivity index (χ3v) is 2.84. The first-order chi connectivity index (χ1) is 8.51. The molecule has 19 heavy (non-hydrogen) atoms. The van der Waals surface area contributed by atoms with E-state index in [1.165, 1.54) is 0 Å². The van der Waals surface area contributed by atoms with Crippen molar-refractivity contribution in [2.45, 2.75) is 32.2 Å². The summed E-state index contributed by atoms with van der Waals surface area (Å²) in [6.07, 6.45) is 1.16. The van der Waals surface area contributed by atoms with Gasteiger partial charge in [0, 0.05) is 12.0 Å². The minimum Gasteiger partial charge on any atom is -0.496 e. The minimum absolute atomic E-state index is 0. The van der Waals surface area contributed by atoms with Crippen LogP contribution in [0.2, 0.25) is 0 Å². The fourth-order valence-electron chi connectivity index (χ4n) is 1.90. The number of para-hydroxylation sites is 1. The Morgan fingerprint density at radius 2 is 2.00 bits per heavy atom.